The van der Waals surface area contributed by atoms with Gasteiger partial charge in [-0.05, 0) is 25.5 Å². The number of carbonyl (C=O) groups is 2. The van der Waals surface area contributed by atoms with Crippen LogP contribution in [0.5, 0.6) is 0 Å². The molecule has 0 atom stereocenters. The third-order valence-corrected chi connectivity index (χ3v) is 3.11. The highest BCUT2D eigenvalue weighted by atomic mass is 16.2. The Morgan fingerprint density at radius 2 is 1.76 bits per heavy atom. The normalized spacial score (nSPS) is 14.4. The predicted molar refractivity (Wildman–Crippen MR) is 66.1 cm³/mol. The van der Waals surface area contributed by atoms with Crippen LogP contribution in [0.1, 0.15) is 52.5 Å². The molecule has 0 fully saturated rings. The van der Waals surface area contributed by atoms with Crippen molar-refractivity contribution in [2.24, 2.45) is 0 Å². The van der Waals surface area contributed by atoms with E-state index in [9.17, 15) is 9.59 Å². The molecule has 1 aliphatic heterocycles. The molecule has 1 aliphatic rings. The molecule has 0 radical (unpaired) electrons. The van der Waals surface area contributed by atoms with Crippen molar-refractivity contribution in [3.8, 4) is 0 Å². The van der Waals surface area contributed by atoms with Gasteiger partial charge in [0.25, 0.3) is 11.8 Å². The topological polar surface area (TPSA) is 37.4 Å². The van der Waals surface area contributed by atoms with Crippen LogP contribution in [0.15, 0.2) is 18.2 Å². The number of hydrogen-bond donors (Lipinski definition) is 0. The lowest BCUT2D eigenvalue weighted by atomic mass is 10.1. The van der Waals surface area contributed by atoms with Gasteiger partial charge in [0.1, 0.15) is 0 Å². The third kappa shape index (κ3) is 2.09. The van der Waals surface area contributed by atoms with Crippen LogP contribution in [0.4, 0.5) is 0 Å². The Morgan fingerprint density at radius 3 is 2.47 bits per heavy atom. The molecule has 3 heteroatoms. The molecule has 3 nitrogen and oxygen atoms in total. The number of carbonyl (C=O) groups excluding carboxylic acids is 2. The van der Waals surface area contributed by atoms with E-state index in [-0.39, 0.29) is 11.8 Å². The Bertz CT molecular complexity index is 465. The van der Waals surface area contributed by atoms with Crippen molar-refractivity contribution in [2.75, 3.05) is 6.54 Å². The van der Waals surface area contributed by atoms with Crippen molar-refractivity contribution in [1.29, 1.82) is 0 Å². The van der Waals surface area contributed by atoms with Gasteiger partial charge in [0.2, 0.25) is 0 Å². The number of amides is 2. The average molecular weight is 231 g/mol. The summed E-state index contributed by atoms with van der Waals surface area (Å²) < 4.78 is 0. The molecule has 17 heavy (non-hydrogen) atoms. The van der Waals surface area contributed by atoms with Crippen molar-refractivity contribution >= 4 is 11.8 Å². The molecule has 0 unspecified atom stereocenters. The molecule has 0 saturated carbocycles. The van der Waals surface area contributed by atoms with Crippen molar-refractivity contribution < 1.29 is 9.59 Å². The van der Waals surface area contributed by atoms with E-state index in [1.54, 1.807) is 12.1 Å². The largest absolute Gasteiger partial charge is 0.274 e. The van der Waals surface area contributed by atoms with Gasteiger partial charge in [-0.25, -0.2) is 0 Å². The molecule has 1 aromatic carbocycles. The maximum atomic E-state index is 12.1. The molecule has 1 aromatic rings. The van der Waals surface area contributed by atoms with Crippen LogP contribution in [-0.4, -0.2) is 23.3 Å². The standard InChI is InChI=1S/C14H17NO2/c1-3-4-5-8-15-13(16)11-7-6-10(2)9-12(11)14(15)17/h6-7,9H,3-5,8H2,1-2H3. The smallest absolute Gasteiger partial charge is 0.261 e. The second kappa shape index (κ2) is 4.70. The van der Waals surface area contributed by atoms with Gasteiger partial charge < -0.3 is 0 Å². The van der Waals surface area contributed by atoms with E-state index in [2.05, 4.69) is 6.92 Å². The summed E-state index contributed by atoms with van der Waals surface area (Å²) in [7, 11) is 0. The number of rotatable bonds is 4. The molecular formula is C14H17NO2. The van der Waals surface area contributed by atoms with Gasteiger partial charge >= 0.3 is 0 Å². The Labute approximate surface area is 101 Å². The molecule has 2 rings (SSSR count). The zero-order valence-electron chi connectivity index (χ0n) is 10.3. The summed E-state index contributed by atoms with van der Waals surface area (Å²) in [6.07, 6.45) is 3.02. The van der Waals surface area contributed by atoms with Crippen LogP contribution >= 0.6 is 0 Å². The molecule has 0 saturated heterocycles. The Kier molecular flexibility index (Phi) is 3.27. The maximum absolute atomic E-state index is 12.1. The van der Waals surface area contributed by atoms with E-state index in [1.807, 2.05) is 13.0 Å². The second-order valence-corrected chi connectivity index (χ2v) is 4.52. The first-order valence-electron chi connectivity index (χ1n) is 6.12. The Balaban J connectivity index is 2.20. The van der Waals surface area contributed by atoms with Gasteiger partial charge in [-0.2, -0.15) is 0 Å². The quantitative estimate of drug-likeness (QED) is 0.590. The number of fused-ring (bicyclic) bond motifs is 1. The summed E-state index contributed by atoms with van der Waals surface area (Å²) in [5.74, 6) is -0.272. The van der Waals surface area contributed by atoms with Crippen molar-refractivity contribution in [1.82, 2.24) is 4.90 Å². The summed E-state index contributed by atoms with van der Waals surface area (Å²) in [4.78, 5) is 25.5. The number of nitrogens with zero attached hydrogens (tertiary/aromatic N) is 1. The summed E-state index contributed by atoms with van der Waals surface area (Å²) in [5.41, 5.74) is 2.13. The second-order valence-electron chi connectivity index (χ2n) is 4.52. The highest BCUT2D eigenvalue weighted by molar-refractivity contribution is 6.21. The van der Waals surface area contributed by atoms with Crippen LogP contribution in [0.2, 0.25) is 0 Å². The zero-order valence-corrected chi connectivity index (χ0v) is 10.3. The van der Waals surface area contributed by atoms with Gasteiger partial charge in [-0.15, -0.1) is 0 Å². The van der Waals surface area contributed by atoms with Crippen molar-refractivity contribution in [3.63, 3.8) is 0 Å². The number of aryl methyl sites for hydroxylation is 1. The fraction of sp³-hybridized carbons (Fsp3) is 0.429. The molecule has 0 aromatic heterocycles. The fourth-order valence-electron chi connectivity index (χ4n) is 2.13. The Hall–Kier alpha value is -1.64. The summed E-state index contributed by atoms with van der Waals surface area (Å²) in [5, 5.41) is 0. The minimum atomic E-state index is -0.138. The van der Waals surface area contributed by atoms with Crippen LogP contribution in [0.25, 0.3) is 0 Å². The van der Waals surface area contributed by atoms with Gasteiger partial charge in [0.05, 0.1) is 11.1 Å². The molecule has 0 bridgehead atoms. The van der Waals surface area contributed by atoms with Gasteiger partial charge in [-0.1, -0.05) is 31.4 Å². The van der Waals surface area contributed by atoms with Crippen molar-refractivity contribution in [3.05, 3.63) is 34.9 Å². The van der Waals surface area contributed by atoms with Crippen LogP contribution in [0.3, 0.4) is 0 Å². The molecular weight excluding hydrogens is 214 g/mol. The van der Waals surface area contributed by atoms with Gasteiger partial charge in [0, 0.05) is 6.54 Å². The van der Waals surface area contributed by atoms with E-state index in [1.165, 1.54) is 4.90 Å². The number of imide groups is 1. The predicted octanol–water partition coefficient (Wildman–Crippen LogP) is 2.78. The number of unbranched alkanes of at least 4 members (excludes halogenated alkanes) is 2. The number of hydrogen-bond acceptors (Lipinski definition) is 2. The van der Waals surface area contributed by atoms with Crippen LogP contribution in [-0.2, 0) is 0 Å². The van der Waals surface area contributed by atoms with Crippen LogP contribution < -0.4 is 0 Å². The molecule has 0 spiro atoms. The zero-order chi connectivity index (χ0) is 12.4. The molecule has 0 N–H and O–H groups in total. The number of benzene rings is 1. The Morgan fingerprint density at radius 1 is 1.06 bits per heavy atom. The van der Waals surface area contributed by atoms with Gasteiger partial charge in [-0.3, -0.25) is 14.5 Å². The summed E-state index contributed by atoms with van der Waals surface area (Å²) in [6.45, 7) is 4.57. The lowest BCUT2D eigenvalue weighted by molar-refractivity contribution is 0.0651. The molecule has 90 valence electrons. The SMILES string of the molecule is CCCCCN1C(=O)c2ccc(C)cc2C1=O. The van der Waals surface area contributed by atoms with E-state index in [0.717, 1.165) is 24.8 Å². The lowest BCUT2D eigenvalue weighted by Gasteiger charge is -2.12. The van der Waals surface area contributed by atoms with Crippen LogP contribution in [0, 0.1) is 6.92 Å². The first-order chi connectivity index (χ1) is 8.15. The highest BCUT2D eigenvalue weighted by Gasteiger charge is 2.34. The molecule has 2 amide bonds. The van der Waals surface area contributed by atoms with Gasteiger partial charge in [0.15, 0.2) is 0 Å². The fourth-order valence-corrected chi connectivity index (χ4v) is 2.13. The van der Waals surface area contributed by atoms with E-state index in [4.69, 9.17) is 0 Å². The summed E-state index contributed by atoms with van der Waals surface area (Å²) in [6, 6.07) is 5.43. The van der Waals surface area contributed by atoms with E-state index in [0.29, 0.717) is 17.7 Å². The van der Waals surface area contributed by atoms with Crippen molar-refractivity contribution in [2.45, 2.75) is 33.1 Å². The highest BCUT2D eigenvalue weighted by Crippen LogP contribution is 2.24. The maximum Gasteiger partial charge on any atom is 0.261 e. The minimum absolute atomic E-state index is 0.134. The first-order valence-corrected chi connectivity index (χ1v) is 6.12. The first kappa shape index (κ1) is 11.8. The summed E-state index contributed by atoms with van der Waals surface area (Å²) >= 11 is 0. The van der Waals surface area contributed by atoms with E-state index < -0.39 is 0 Å². The lowest BCUT2D eigenvalue weighted by Crippen LogP contribution is -2.30. The minimum Gasteiger partial charge on any atom is -0.274 e. The average Bonchev–Trinajstić information content (AvgIpc) is 2.54. The third-order valence-electron chi connectivity index (χ3n) is 3.11. The molecule has 1 heterocycles. The monoisotopic (exact) mass is 231 g/mol. The molecule has 0 aliphatic carbocycles. The van der Waals surface area contributed by atoms with E-state index >= 15 is 0 Å².